The fraction of sp³-hybridized carbons (Fsp3) is 0.500. The van der Waals surface area contributed by atoms with Crippen LogP contribution in [0.25, 0.3) is 0 Å². The first-order valence-electron chi connectivity index (χ1n) is 12.2. The summed E-state index contributed by atoms with van der Waals surface area (Å²) < 4.78 is 28.8. The van der Waals surface area contributed by atoms with Crippen molar-refractivity contribution in [1.29, 1.82) is 0 Å². The minimum Gasteiger partial charge on any atom is -0.343 e. The standard InChI is InChI=1S/C26H32F2N4O3/c1-16(29-2)25(34)30-24(17-6-4-3-5-7-17)26(35)32-11-10-18-12-23(33)31(15-22(18)32)14-19-8-9-20(27)13-21(19)28/h8-9,12-13,15-17,24,29H,3-7,10-11,14H2,1-2H3,(H,30,34)/t16-,24-/m0/s1. The Kier molecular flexibility index (Phi) is 7.64. The van der Waals surface area contributed by atoms with Gasteiger partial charge >= 0.3 is 0 Å². The molecule has 0 spiro atoms. The molecule has 1 aromatic carbocycles. The number of benzene rings is 1. The SMILES string of the molecule is CN[C@@H](C)C(=O)N[C@H](C(=O)N1CCc2cc(=O)n(Cc3ccc(F)cc3F)cc21)C1CCCCC1. The second-order valence-electron chi connectivity index (χ2n) is 9.52. The molecule has 2 atom stereocenters. The molecular formula is C26H32F2N4O3. The third-order valence-electron chi connectivity index (χ3n) is 7.22. The van der Waals surface area contributed by atoms with Crippen molar-refractivity contribution in [2.45, 2.75) is 64.1 Å². The number of nitrogens with zero attached hydrogens (tertiary/aromatic N) is 2. The van der Waals surface area contributed by atoms with Crippen molar-refractivity contribution < 1.29 is 18.4 Å². The molecule has 0 saturated heterocycles. The van der Waals surface area contributed by atoms with Crippen LogP contribution in [0, 0.1) is 17.6 Å². The number of halogens is 2. The van der Waals surface area contributed by atoms with E-state index < -0.39 is 23.7 Å². The maximum atomic E-state index is 14.2. The van der Waals surface area contributed by atoms with Crippen LogP contribution in [0.2, 0.25) is 0 Å². The van der Waals surface area contributed by atoms with Gasteiger partial charge < -0.3 is 20.1 Å². The average molecular weight is 487 g/mol. The Morgan fingerprint density at radius 3 is 2.57 bits per heavy atom. The Labute approximate surface area is 203 Å². The molecule has 1 aromatic heterocycles. The molecule has 0 bridgehead atoms. The van der Waals surface area contributed by atoms with E-state index in [0.29, 0.717) is 18.7 Å². The highest BCUT2D eigenvalue weighted by molar-refractivity contribution is 6.01. The lowest BCUT2D eigenvalue weighted by Gasteiger charge is -2.33. The number of rotatable bonds is 7. The van der Waals surface area contributed by atoms with Gasteiger partial charge in [0.25, 0.3) is 5.56 Å². The van der Waals surface area contributed by atoms with Gasteiger partial charge in [-0.15, -0.1) is 0 Å². The summed E-state index contributed by atoms with van der Waals surface area (Å²) in [5.74, 6) is -1.79. The van der Waals surface area contributed by atoms with E-state index >= 15 is 0 Å². The third-order valence-corrected chi connectivity index (χ3v) is 7.22. The fourth-order valence-electron chi connectivity index (χ4n) is 5.01. The average Bonchev–Trinajstić information content (AvgIpc) is 3.26. The summed E-state index contributed by atoms with van der Waals surface area (Å²) in [4.78, 5) is 40.8. The summed E-state index contributed by atoms with van der Waals surface area (Å²) in [7, 11) is 1.70. The number of likely N-dealkylation sites (N-methyl/N-ethyl adjacent to an activating group) is 1. The van der Waals surface area contributed by atoms with Crippen molar-refractivity contribution >= 4 is 17.5 Å². The van der Waals surface area contributed by atoms with Gasteiger partial charge in [0.2, 0.25) is 11.8 Å². The van der Waals surface area contributed by atoms with E-state index in [-0.39, 0.29) is 35.4 Å². The van der Waals surface area contributed by atoms with E-state index in [1.807, 2.05) is 0 Å². The quantitative estimate of drug-likeness (QED) is 0.631. The molecule has 2 N–H and O–H groups in total. The topological polar surface area (TPSA) is 83.4 Å². The highest BCUT2D eigenvalue weighted by Crippen LogP contribution is 2.32. The number of fused-ring (bicyclic) bond motifs is 1. The Morgan fingerprint density at radius 2 is 1.89 bits per heavy atom. The van der Waals surface area contributed by atoms with Gasteiger partial charge in [-0.1, -0.05) is 25.3 Å². The van der Waals surface area contributed by atoms with Crippen LogP contribution in [0.4, 0.5) is 14.5 Å². The zero-order chi connectivity index (χ0) is 25.1. The van der Waals surface area contributed by atoms with E-state index in [4.69, 9.17) is 0 Å². The summed E-state index contributed by atoms with van der Waals surface area (Å²) in [6.45, 7) is 2.07. The Balaban J connectivity index is 1.62. The van der Waals surface area contributed by atoms with Crippen molar-refractivity contribution in [3.63, 3.8) is 0 Å². The molecule has 2 amide bonds. The van der Waals surface area contributed by atoms with Gasteiger partial charge in [-0.2, -0.15) is 0 Å². The summed E-state index contributed by atoms with van der Waals surface area (Å²) in [6.07, 6.45) is 7.00. The lowest BCUT2D eigenvalue weighted by molar-refractivity contribution is -0.130. The molecule has 2 aromatic rings. The fourth-order valence-corrected chi connectivity index (χ4v) is 5.01. The lowest BCUT2D eigenvalue weighted by Crippen LogP contribution is -2.55. The van der Waals surface area contributed by atoms with E-state index in [1.165, 1.54) is 16.7 Å². The van der Waals surface area contributed by atoms with Gasteiger partial charge in [-0.25, -0.2) is 8.78 Å². The van der Waals surface area contributed by atoms with Crippen LogP contribution in [-0.4, -0.2) is 42.1 Å². The summed E-state index contributed by atoms with van der Waals surface area (Å²) in [5, 5.41) is 5.89. The monoisotopic (exact) mass is 486 g/mol. The number of nitrogens with one attached hydrogen (secondary N) is 2. The van der Waals surface area contributed by atoms with Gasteiger partial charge in [0.05, 0.1) is 18.3 Å². The summed E-state index contributed by atoms with van der Waals surface area (Å²) in [5.41, 5.74) is 1.20. The highest BCUT2D eigenvalue weighted by atomic mass is 19.1. The minimum absolute atomic E-state index is 0.0486. The molecule has 1 aliphatic carbocycles. The second-order valence-corrected chi connectivity index (χ2v) is 9.52. The first-order chi connectivity index (χ1) is 16.8. The number of hydrogen-bond acceptors (Lipinski definition) is 4. The van der Waals surface area contributed by atoms with Crippen LogP contribution in [0.5, 0.6) is 0 Å². The number of pyridine rings is 1. The van der Waals surface area contributed by atoms with Crippen LogP contribution in [0.1, 0.15) is 50.2 Å². The molecule has 1 fully saturated rings. The number of amides is 2. The van der Waals surface area contributed by atoms with E-state index in [2.05, 4.69) is 10.6 Å². The first kappa shape index (κ1) is 25.0. The molecule has 9 heteroatoms. The van der Waals surface area contributed by atoms with Gasteiger partial charge in [0.1, 0.15) is 17.7 Å². The van der Waals surface area contributed by atoms with Gasteiger partial charge in [-0.3, -0.25) is 14.4 Å². The van der Waals surface area contributed by atoms with Gasteiger partial charge in [-0.05, 0) is 50.8 Å². The third kappa shape index (κ3) is 5.45. The Hall–Kier alpha value is -3.07. The molecule has 1 saturated carbocycles. The zero-order valence-corrected chi connectivity index (χ0v) is 20.2. The molecule has 2 heterocycles. The van der Waals surface area contributed by atoms with E-state index in [1.54, 1.807) is 25.1 Å². The maximum Gasteiger partial charge on any atom is 0.251 e. The largest absolute Gasteiger partial charge is 0.343 e. The summed E-state index contributed by atoms with van der Waals surface area (Å²) >= 11 is 0. The number of anilines is 1. The molecule has 2 aliphatic rings. The number of carbonyl (C=O) groups is 2. The van der Waals surface area contributed by atoms with E-state index in [0.717, 1.165) is 49.8 Å². The van der Waals surface area contributed by atoms with Crippen molar-refractivity contribution in [3.05, 3.63) is 63.6 Å². The smallest absolute Gasteiger partial charge is 0.251 e. The lowest BCUT2D eigenvalue weighted by atomic mass is 9.83. The van der Waals surface area contributed by atoms with Crippen LogP contribution in [0.15, 0.2) is 35.3 Å². The number of carbonyl (C=O) groups excluding carboxylic acids is 2. The van der Waals surface area contributed by atoms with E-state index in [9.17, 15) is 23.2 Å². The molecule has 7 nitrogen and oxygen atoms in total. The highest BCUT2D eigenvalue weighted by Gasteiger charge is 2.37. The molecule has 1 aliphatic heterocycles. The normalized spacial score (nSPS) is 17.7. The van der Waals surface area contributed by atoms with Crippen molar-refractivity contribution in [1.82, 2.24) is 15.2 Å². The zero-order valence-electron chi connectivity index (χ0n) is 20.2. The second kappa shape index (κ2) is 10.7. The molecular weight excluding hydrogens is 454 g/mol. The molecule has 0 radical (unpaired) electrons. The van der Waals surface area contributed by atoms with Crippen LogP contribution in [-0.2, 0) is 22.6 Å². The molecule has 35 heavy (non-hydrogen) atoms. The molecule has 0 unspecified atom stereocenters. The predicted octanol–water partition coefficient (Wildman–Crippen LogP) is 2.74. The number of hydrogen-bond donors (Lipinski definition) is 2. The minimum atomic E-state index is -0.732. The van der Waals surface area contributed by atoms with Crippen LogP contribution < -0.4 is 21.1 Å². The maximum absolute atomic E-state index is 14.2. The predicted molar refractivity (Wildman–Crippen MR) is 129 cm³/mol. The van der Waals surface area contributed by atoms with Crippen LogP contribution in [0.3, 0.4) is 0 Å². The Bertz CT molecular complexity index is 1160. The Morgan fingerprint density at radius 1 is 1.14 bits per heavy atom. The van der Waals surface area contributed by atoms with Crippen molar-refractivity contribution in [3.8, 4) is 0 Å². The first-order valence-corrected chi connectivity index (χ1v) is 12.2. The van der Waals surface area contributed by atoms with Crippen LogP contribution >= 0.6 is 0 Å². The van der Waals surface area contributed by atoms with Crippen molar-refractivity contribution in [2.75, 3.05) is 18.5 Å². The van der Waals surface area contributed by atoms with Gasteiger partial charge in [0.15, 0.2) is 0 Å². The van der Waals surface area contributed by atoms with Gasteiger partial charge in [0, 0.05) is 30.4 Å². The molecule has 188 valence electrons. The summed E-state index contributed by atoms with van der Waals surface area (Å²) in [6, 6.07) is 3.63. The number of aromatic nitrogens is 1. The van der Waals surface area contributed by atoms with Crippen molar-refractivity contribution in [2.24, 2.45) is 5.92 Å². The molecule has 4 rings (SSSR count).